The summed E-state index contributed by atoms with van der Waals surface area (Å²) in [4.78, 5) is 17.8. The van der Waals surface area contributed by atoms with E-state index >= 15 is 0 Å². The van der Waals surface area contributed by atoms with Gasteiger partial charge in [0.2, 0.25) is 32.5 Å². The van der Waals surface area contributed by atoms with Crippen LogP contribution in [0.1, 0.15) is 12.8 Å². The van der Waals surface area contributed by atoms with Gasteiger partial charge in [0.05, 0.1) is 12.0 Å². The average Bonchev–Trinajstić information content (AvgIpc) is 3.26. The lowest BCUT2D eigenvalue weighted by Crippen LogP contribution is -2.38. The van der Waals surface area contributed by atoms with E-state index in [4.69, 9.17) is 14.9 Å². The summed E-state index contributed by atoms with van der Waals surface area (Å²) in [6.45, 7) is 0.893. The molecule has 1 aliphatic heterocycles. The predicted octanol–water partition coefficient (Wildman–Crippen LogP) is 2.88. The minimum atomic E-state index is -3.91. The lowest BCUT2D eigenvalue weighted by molar-refractivity contribution is -0.122. The third-order valence-corrected chi connectivity index (χ3v) is 7.08. The van der Waals surface area contributed by atoms with Gasteiger partial charge < -0.3 is 19.8 Å². The molecule has 1 amide bonds. The number of nitrogens with two attached hydrogens (primary N) is 1. The van der Waals surface area contributed by atoms with Crippen molar-refractivity contribution < 1.29 is 22.4 Å². The number of hydrogen-bond acceptors (Lipinski definition) is 7. The van der Waals surface area contributed by atoms with E-state index in [-0.39, 0.29) is 33.5 Å². The summed E-state index contributed by atoms with van der Waals surface area (Å²) in [7, 11) is -2.34. The number of oxazole rings is 1. The largest absolute Gasteiger partial charge is 0.497 e. The first kappa shape index (κ1) is 20.9. The number of sulfone groups is 1. The first-order chi connectivity index (χ1) is 14.9. The standard InChI is InChI=1S/C22H23N3O5S/c1-29-17-9-7-16(8-10-17)20-24-21(31(27,28)18-5-3-2-4-6-18)22(30-20)25-13-11-15(12-14-25)19(23)26/h2-10,15H,11-14H2,1H3,(H2,23,26). The van der Waals surface area contributed by atoms with E-state index in [1.54, 1.807) is 49.6 Å². The van der Waals surface area contributed by atoms with Crippen LogP contribution in [-0.4, -0.2) is 39.5 Å². The van der Waals surface area contributed by atoms with Crippen molar-refractivity contribution in [2.24, 2.45) is 11.7 Å². The molecular formula is C22H23N3O5S. The third kappa shape index (κ3) is 4.13. The molecule has 9 heteroatoms. The SMILES string of the molecule is COc1ccc(-c2nc(S(=O)(=O)c3ccccc3)c(N3CCC(C(N)=O)CC3)o2)cc1. The van der Waals surface area contributed by atoms with Crippen molar-refractivity contribution in [1.82, 2.24) is 4.98 Å². The molecule has 0 saturated carbocycles. The Labute approximate surface area is 180 Å². The Kier molecular flexibility index (Phi) is 5.69. The van der Waals surface area contributed by atoms with E-state index in [1.165, 1.54) is 12.1 Å². The summed E-state index contributed by atoms with van der Waals surface area (Å²) in [5.74, 6) is 0.477. The van der Waals surface area contributed by atoms with Crippen LogP contribution in [0.5, 0.6) is 5.75 Å². The molecule has 2 aromatic carbocycles. The fraction of sp³-hybridized carbons (Fsp3) is 0.273. The summed E-state index contributed by atoms with van der Waals surface area (Å²) in [5, 5.41) is -0.137. The number of benzene rings is 2. The van der Waals surface area contributed by atoms with E-state index in [0.717, 1.165) is 0 Å². The Morgan fingerprint density at radius 3 is 2.32 bits per heavy atom. The Hall–Kier alpha value is -3.33. The normalized spacial score (nSPS) is 15.1. The molecule has 2 heterocycles. The van der Waals surface area contributed by atoms with E-state index in [9.17, 15) is 13.2 Å². The van der Waals surface area contributed by atoms with E-state index in [1.807, 2.05) is 4.90 Å². The average molecular weight is 442 g/mol. The highest BCUT2D eigenvalue weighted by Gasteiger charge is 2.33. The Morgan fingerprint density at radius 2 is 1.74 bits per heavy atom. The maximum Gasteiger partial charge on any atom is 0.236 e. The number of primary amides is 1. The van der Waals surface area contributed by atoms with Gasteiger partial charge in [-0.2, -0.15) is 4.98 Å². The first-order valence-corrected chi connectivity index (χ1v) is 11.4. The number of methoxy groups -OCH3 is 1. The maximum absolute atomic E-state index is 13.4. The molecule has 8 nitrogen and oxygen atoms in total. The molecule has 1 fully saturated rings. The van der Waals surface area contributed by atoms with E-state index in [2.05, 4.69) is 4.98 Å². The summed E-state index contributed by atoms with van der Waals surface area (Å²) >= 11 is 0. The number of amides is 1. The predicted molar refractivity (Wildman–Crippen MR) is 115 cm³/mol. The maximum atomic E-state index is 13.4. The minimum Gasteiger partial charge on any atom is -0.497 e. The second kappa shape index (κ2) is 8.43. The van der Waals surface area contributed by atoms with Gasteiger partial charge in [0.1, 0.15) is 5.75 Å². The van der Waals surface area contributed by atoms with Crippen molar-refractivity contribution in [3.8, 4) is 17.2 Å². The number of ether oxygens (including phenoxy) is 1. The summed E-state index contributed by atoms with van der Waals surface area (Å²) in [5.41, 5.74) is 6.06. The molecule has 0 spiro atoms. The van der Waals surface area contributed by atoms with Crippen LogP contribution in [0.25, 0.3) is 11.5 Å². The fourth-order valence-electron chi connectivity index (χ4n) is 3.61. The molecule has 1 aromatic heterocycles. The van der Waals surface area contributed by atoms with Crippen LogP contribution in [0.3, 0.4) is 0 Å². The number of carbonyl (C=O) groups is 1. The van der Waals surface area contributed by atoms with Gasteiger partial charge in [-0.25, -0.2) is 8.42 Å². The zero-order valence-corrected chi connectivity index (χ0v) is 17.8. The van der Waals surface area contributed by atoms with Crippen molar-refractivity contribution >= 4 is 21.6 Å². The van der Waals surface area contributed by atoms with Gasteiger partial charge in [0.25, 0.3) is 0 Å². The van der Waals surface area contributed by atoms with Crippen LogP contribution < -0.4 is 15.4 Å². The van der Waals surface area contributed by atoms with Crippen molar-refractivity contribution in [3.63, 3.8) is 0 Å². The molecular weight excluding hydrogens is 418 g/mol. The smallest absolute Gasteiger partial charge is 0.236 e. The minimum absolute atomic E-state index is 0.137. The Bertz CT molecular complexity index is 1170. The van der Waals surface area contributed by atoms with Crippen LogP contribution in [0.4, 0.5) is 5.88 Å². The highest BCUT2D eigenvalue weighted by molar-refractivity contribution is 7.91. The van der Waals surface area contributed by atoms with Crippen molar-refractivity contribution in [3.05, 3.63) is 54.6 Å². The van der Waals surface area contributed by atoms with Crippen LogP contribution in [0.15, 0.2) is 68.9 Å². The molecule has 3 aromatic rings. The number of rotatable bonds is 6. The quantitative estimate of drug-likeness (QED) is 0.625. The van der Waals surface area contributed by atoms with Crippen LogP contribution in [0.2, 0.25) is 0 Å². The number of piperidine rings is 1. The zero-order valence-electron chi connectivity index (χ0n) is 17.0. The molecule has 1 aliphatic rings. The van der Waals surface area contributed by atoms with Gasteiger partial charge in [-0.1, -0.05) is 18.2 Å². The monoisotopic (exact) mass is 441 g/mol. The van der Waals surface area contributed by atoms with Gasteiger partial charge >= 0.3 is 0 Å². The Morgan fingerprint density at radius 1 is 1.10 bits per heavy atom. The van der Waals surface area contributed by atoms with Gasteiger partial charge in [-0.3, -0.25) is 4.79 Å². The molecule has 2 N–H and O–H groups in total. The number of hydrogen-bond donors (Lipinski definition) is 1. The molecule has 31 heavy (non-hydrogen) atoms. The van der Waals surface area contributed by atoms with Crippen LogP contribution in [-0.2, 0) is 14.6 Å². The molecule has 0 unspecified atom stereocenters. The molecule has 4 rings (SSSR count). The van der Waals surface area contributed by atoms with E-state index < -0.39 is 9.84 Å². The number of aromatic nitrogens is 1. The lowest BCUT2D eigenvalue weighted by atomic mass is 9.96. The zero-order chi connectivity index (χ0) is 22.0. The van der Waals surface area contributed by atoms with Crippen LogP contribution >= 0.6 is 0 Å². The van der Waals surface area contributed by atoms with Crippen molar-refractivity contribution in [1.29, 1.82) is 0 Å². The summed E-state index contributed by atoms with van der Waals surface area (Å²) < 4.78 is 37.9. The third-order valence-electron chi connectivity index (χ3n) is 5.41. The van der Waals surface area contributed by atoms with Gasteiger partial charge in [-0.15, -0.1) is 0 Å². The molecule has 162 valence electrons. The van der Waals surface area contributed by atoms with Crippen LogP contribution in [0, 0.1) is 5.92 Å². The molecule has 0 atom stereocenters. The summed E-state index contributed by atoms with van der Waals surface area (Å²) in [6.07, 6.45) is 1.05. The lowest BCUT2D eigenvalue weighted by Gasteiger charge is -2.30. The number of carbonyl (C=O) groups excluding carboxylic acids is 1. The summed E-state index contributed by atoms with van der Waals surface area (Å²) in [6, 6.07) is 15.1. The molecule has 0 aliphatic carbocycles. The van der Waals surface area contributed by atoms with Gasteiger partial charge in [-0.05, 0) is 49.2 Å². The second-order valence-corrected chi connectivity index (χ2v) is 9.20. The highest BCUT2D eigenvalue weighted by Crippen LogP contribution is 2.36. The van der Waals surface area contributed by atoms with Gasteiger partial charge in [0, 0.05) is 24.6 Å². The molecule has 0 bridgehead atoms. The highest BCUT2D eigenvalue weighted by atomic mass is 32.2. The van der Waals surface area contributed by atoms with Crippen molar-refractivity contribution in [2.45, 2.75) is 22.8 Å². The second-order valence-electron chi connectivity index (χ2n) is 7.34. The molecule has 1 saturated heterocycles. The van der Waals surface area contributed by atoms with E-state index in [0.29, 0.717) is 37.2 Å². The van der Waals surface area contributed by atoms with Crippen molar-refractivity contribution in [2.75, 3.05) is 25.1 Å². The fourth-order valence-corrected chi connectivity index (χ4v) is 4.95. The topological polar surface area (TPSA) is 116 Å². The Balaban J connectivity index is 1.77. The molecule has 0 radical (unpaired) electrons. The number of anilines is 1. The van der Waals surface area contributed by atoms with Gasteiger partial charge in [0.15, 0.2) is 0 Å². The number of nitrogens with zero attached hydrogens (tertiary/aromatic N) is 2. The first-order valence-electron chi connectivity index (χ1n) is 9.90.